The number of carboxylic acid groups (broad SMARTS) is 2. The van der Waals surface area contributed by atoms with E-state index in [1.54, 1.807) is 17.8 Å². The number of aromatic hydroxyl groups is 1. The van der Waals surface area contributed by atoms with E-state index in [0.717, 1.165) is 17.7 Å². The van der Waals surface area contributed by atoms with Gasteiger partial charge in [0, 0.05) is 23.0 Å². The maximum atomic E-state index is 12.2. The van der Waals surface area contributed by atoms with Crippen LogP contribution in [-0.4, -0.2) is 38.3 Å². The van der Waals surface area contributed by atoms with E-state index in [9.17, 15) is 19.5 Å². The van der Waals surface area contributed by atoms with Gasteiger partial charge in [0.25, 0.3) is 0 Å². The second kappa shape index (κ2) is 20.5. The molecule has 0 aliphatic heterocycles. The van der Waals surface area contributed by atoms with Gasteiger partial charge in [-0.15, -0.1) is 11.8 Å². The van der Waals surface area contributed by atoms with E-state index in [1.165, 1.54) is 63.5 Å². The number of aliphatic carboxylic acids is 2. The van der Waals surface area contributed by atoms with Crippen LogP contribution in [0, 0.1) is 0 Å². The first kappa shape index (κ1) is 32.5. The molecule has 0 bridgehead atoms. The molecular weight excluding hydrogens is 488 g/mol. The van der Waals surface area contributed by atoms with Crippen molar-refractivity contribution in [2.75, 3.05) is 0 Å². The van der Waals surface area contributed by atoms with Crippen LogP contribution in [0.25, 0.3) is 0 Å². The quantitative estimate of drug-likeness (QED) is 0.0597. The third kappa shape index (κ3) is 16.8. The van der Waals surface area contributed by atoms with Crippen LogP contribution in [0.1, 0.15) is 114 Å². The highest BCUT2D eigenvalue weighted by Crippen LogP contribution is 2.33. The number of ketones is 1. The Morgan fingerprint density at radius 1 is 0.838 bits per heavy atom. The van der Waals surface area contributed by atoms with E-state index in [0.29, 0.717) is 12.8 Å². The molecule has 0 aromatic heterocycles. The van der Waals surface area contributed by atoms with Crippen molar-refractivity contribution in [3.05, 3.63) is 48.1 Å². The molecule has 1 aromatic carbocycles. The number of phenolic OH excluding ortho intramolecular Hbond substituents is 1. The summed E-state index contributed by atoms with van der Waals surface area (Å²) < 4.78 is 0. The van der Waals surface area contributed by atoms with E-state index in [1.807, 2.05) is 6.08 Å². The summed E-state index contributed by atoms with van der Waals surface area (Å²) in [5.74, 6) is -2.44. The average Bonchev–Trinajstić information content (AvgIpc) is 2.85. The van der Waals surface area contributed by atoms with Crippen molar-refractivity contribution in [1.29, 1.82) is 0 Å². The fraction of sp³-hybridized carbons (Fsp3) is 0.567. The summed E-state index contributed by atoms with van der Waals surface area (Å²) in [4.78, 5) is 34.6. The van der Waals surface area contributed by atoms with Gasteiger partial charge in [0.15, 0.2) is 5.78 Å². The van der Waals surface area contributed by atoms with Gasteiger partial charge in [0.05, 0.1) is 12.0 Å². The van der Waals surface area contributed by atoms with Gasteiger partial charge < -0.3 is 15.3 Å². The summed E-state index contributed by atoms with van der Waals surface area (Å²) in [6, 6.07) is 4.80. The van der Waals surface area contributed by atoms with Crippen LogP contribution < -0.4 is 0 Å². The summed E-state index contributed by atoms with van der Waals surface area (Å²) in [5.41, 5.74) is 0.120. The molecule has 0 saturated heterocycles. The molecule has 0 heterocycles. The number of carbonyl (C=O) groups is 3. The summed E-state index contributed by atoms with van der Waals surface area (Å²) in [6.45, 7) is 2.24. The van der Waals surface area contributed by atoms with E-state index in [4.69, 9.17) is 10.2 Å². The predicted octanol–water partition coefficient (Wildman–Crippen LogP) is 8.19. The predicted molar refractivity (Wildman–Crippen MR) is 151 cm³/mol. The van der Waals surface area contributed by atoms with E-state index in [-0.39, 0.29) is 35.8 Å². The smallest absolute Gasteiger partial charge is 0.303 e. The van der Waals surface area contributed by atoms with Crippen LogP contribution in [0.4, 0.5) is 0 Å². The molecule has 206 valence electrons. The Kier molecular flexibility index (Phi) is 18.0. The molecule has 37 heavy (non-hydrogen) atoms. The highest BCUT2D eigenvalue weighted by atomic mass is 32.2. The van der Waals surface area contributed by atoms with Gasteiger partial charge in [-0.05, 0) is 50.3 Å². The summed E-state index contributed by atoms with van der Waals surface area (Å²) >= 11 is 1.54. The normalized spacial score (nSPS) is 12.4. The maximum absolute atomic E-state index is 12.2. The monoisotopic (exact) mass is 532 g/mol. The number of rotatable bonds is 22. The van der Waals surface area contributed by atoms with Crippen molar-refractivity contribution >= 4 is 29.5 Å². The van der Waals surface area contributed by atoms with Gasteiger partial charge in [-0.25, -0.2) is 0 Å². The fourth-order valence-corrected chi connectivity index (χ4v) is 5.16. The Bertz CT molecular complexity index is 877. The zero-order chi connectivity index (χ0) is 27.3. The Labute approximate surface area is 226 Å². The van der Waals surface area contributed by atoms with Gasteiger partial charge in [-0.2, -0.15) is 0 Å². The third-order valence-electron chi connectivity index (χ3n) is 6.06. The van der Waals surface area contributed by atoms with Crippen molar-refractivity contribution in [2.24, 2.45) is 0 Å². The van der Waals surface area contributed by atoms with Crippen LogP contribution in [0.2, 0.25) is 0 Å². The van der Waals surface area contributed by atoms with Gasteiger partial charge >= 0.3 is 11.9 Å². The van der Waals surface area contributed by atoms with Crippen LogP contribution in [0.5, 0.6) is 5.75 Å². The SMILES string of the molecule is CCCCCCCCCCC=CC=CC[C@H](CCCC(=O)O)Sc1ccc(C(=O)CCC(=O)O)c(O)c1. The molecule has 1 rings (SSSR count). The molecule has 7 heteroatoms. The molecule has 0 amide bonds. The molecule has 6 nitrogen and oxygen atoms in total. The Morgan fingerprint density at radius 2 is 1.49 bits per heavy atom. The zero-order valence-electron chi connectivity index (χ0n) is 22.2. The molecule has 1 aromatic rings. The van der Waals surface area contributed by atoms with Gasteiger partial charge in [-0.1, -0.05) is 76.2 Å². The molecule has 1 atom stereocenters. The number of phenols is 1. The third-order valence-corrected chi connectivity index (χ3v) is 7.35. The second-order valence-electron chi connectivity index (χ2n) is 9.38. The zero-order valence-corrected chi connectivity index (χ0v) is 23.0. The Hall–Kier alpha value is -2.54. The molecule has 0 spiro atoms. The molecular formula is C30H44O6S. The Balaban J connectivity index is 2.53. The molecule has 0 aliphatic carbocycles. The lowest BCUT2D eigenvalue weighted by atomic mass is 10.1. The highest BCUT2D eigenvalue weighted by molar-refractivity contribution is 8.00. The number of carboxylic acids is 2. The number of unbranched alkanes of at least 4 members (excludes halogenated alkanes) is 8. The van der Waals surface area contributed by atoms with Gasteiger partial charge in [0.2, 0.25) is 0 Å². The van der Waals surface area contributed by atoms with Crippen LogP contribution in [-0.2, 0) is 9.59 Å². The number of benzene rings is 1. The van der Waals surface area contributed by atoms with E-state index in [2.05, 4.69) is 25.2 Å². The van der Waals surface area contributed by atoms with Crippen molar-refractivity contribution in [3.8, 4) is 5.75 Å². The minimum absolute atomic E-state index is 0.113. The second-order valence-corrected chi connectivity index (χ2v) is 10.8. The summed E-state index contributed by atoms with van der Waals surface area (Å²) in [7, 11) is 0. The molecule has 3 N–H and O–H groups in total. The number of thioether (sulfide) groups is 1. The summed E-state index contributed by atoms with van der Waals surface area (Å²) in [6.07, 6.45) is 21.7. The Morgan fingerprint density at radius 3 is 2.14 bits per heavy atom. The average molecular weight is 533 g/mol. The number of hydrogen-bond acceptors (Lipinski definition) is 5. The molecule has 0 radical (unpaired) electrons. The van der Waals surface area contributed by atoms with Crippen LogP contribution >= 0.6 is 11.8 Å². The molecule has 0 unspecified atom stereocenters. The van der Waals surface area contributed by atoms with Crippen LogP contribution in [0.3, 0.4) is 0 Å². The highest BCUT2D eigenvalue weighted by Gasteiger charge is 2.16. The van der Waals surface area contributed by atoms with Crippen molar-refractivity contribution in [2.45, 2.75) is 113 Å². The van der Waals surface area contributed by atoms with Gasteiger partial charge in [-0.3, -0.25) is 14.4 Å². The number of allylic oxidation sites excluding steroid dienone is 4. The first-order valence-corrected chi connectivity index (χ1v) is 14.5. The van der Waals surface area contributed by atoms with Crippen LogP contribution in [0.15, 0.2) is 47.4 Å². The number of carbonyl (C=O) groups excluding carboxylic acids is 1. The largest absolute Gasteiger partial charge is 0.507 e. The van der Waals surface area contributed by atoms with Crippen molar-refractivity contribution in [1.82, 2.24) is 0 Å². The number of hydrogen-bond donors (Lipinski definition) is 3. The standard InChI is InChI=1S/C30H44O6S/c1-2-3-4-5-6-7-8-9-10-11-12-13-14-16-24(17-15-18-29(33)34)37-25-19-20-26(28(32)23-25)27(31)21-22-30(35)36/h11-14,19-20,23-24,32H,2-10,15-18,21-22H2,1H3,(H,33,34)(H,35,36)/t24-/m1/s1. The lowest BCUT2D eigenvalue weighted by molar-refractivity contribution is -0.138. The van der Waals surface area contributed by atoms with Crippen molar-refractivity contribution < 1.29 is 29.7 Å². The maximum Gasteiger partial charge on any atom is 0.303 e. The topological polar surface area (TPSA) is 112 Å². The first-order chi connectivity index (χ1) is 17.8. The molecule has 0 fully saturated rings. The first-order valence-electron chi connectivity index (χ1n) is 13.6. The van der Waals surface area contributed by atoms with Gasteiger partial charge in [0.1, 0.15) is 5.75 Å². The van der Waals surface area contributed by atoms with Crippen molar-refractivity contribution in [3.63, 3.8) is 0 Å². The summed E-state index contributed by atoms with van der Waals surface area (Å²) in [5, 5.41) is 28.2. The minimum Gasteiger partial charge on any atom is -0.507 e. The lowest BCUT2D eigenvalue weighted by Crippen LogP contribution is -2.05. The number of Topliss-reactive ketones (excluding diaryl/α,β-unsaturated/α-hetero) is 1. The minimum atomic E-state index is -1.06. The molecule has 0 saturated carbocycles. The lowest BCUT2D eigenvalue weighted by Gasteiger charge is -2.15. The van der Waals surface area contributed by atoms with E-state index < -0.39 is 17.7 Å². The molecule has 0 aliphatic rings. The fourth-order valence-electron chi connectivity index (χ4n) is 3.95. The van der Waals surface area contributed by atoms with E-state index >= 15 is 0 Å².